The number of esters is 1. The number of hydrogen-bond donors (Lipinski definition) is 1. The van der Waals surface area contributed by atoms with Gasteiger partial charge in [0.25, 0.3) is 0 Å². The molecule has 0 radical (unpaired) electrons. The molecule has 0 unspecified atom stereocenters. The average molecular weight is 304 g/mol. The van der Waals surface area contributed by atoms with E-state index in [1.54, 1.807) is 7.11 Å². The molecule has 5 nitrogen and oxygen atoms in total. The number of piperidine rings is 1. The van der Waals surface area contributed by atoms with Gasteiger partial charge in [0.1, 0.15) is 11.8 Å². The molecule has 2 bridgehead atoms. The lowest BCUT2D eigenvalue weighted by atomic mass is 9.94. The van der Waals surface area contributed by atoms with Gasteiger partial charge in [-0.15, -0.1) is 0 Å². The summed E-state index contributed by atoms with van der Waals surface area (Å²) < 4.78 is 10.4. The summed E-state index contributed by atoms with van der Waals surface area (Å²) in [6.45, 7) is 5.14. The molecule has 2 aliphatic rings. The van der Waals surface area contributed by atoms with Crippen LogP contribution in [0.25, 0.3) is 0 Å². The summed E-state index contributed by atoms with van der Waals surface area (Å²) in [4.78, 5) is 14.4. The van der Waals surface area contributed by atoms with Crippen LogP contribution in [0.2, 0.25) is 0 Å². The van der Waals surface area contributed by atoms with Crippen molar-refractivity contribution >= 4 is 5.97 Å². The molecule has 0 amide bonds. The first kappa shape index (κ1) is 15.3. The van der Waals surface area contributed by atoms with Gasteiger partial charge in [0, 0.05) is 25.7 Å². The second kappa shape index (κ2) is 6.67. The number of hydrogen-bond acceptors (Lipinski definition) is 5. The third-order valence-corrected chi connectivity index (χ3v) is 4.55. The summed E-state index contributed by atoms with van der Waals surface area (Å²) >= 11 is 0. The second-order valence-electron chi connectivity index (χ2n) is 6.13. The van der Waals surface area contributed by atoms with E-state index in [1.807, 2.05) is 19.1 Å². The van der Waals surface area contributed by atoms with Crippen molar-refractivity contribution in [2.24, 2.45) is 5.92 Å². The largest absolute Gasteiger partial charge is 0.497 e. The molecular formula is C17H24N2O3. The van der Waals surface area contributed by atoms with Crippen LogP contribution in [0.1, 0.15) is 18.9 Å². The van der Waals surface area contributed by atoms with E-state index < -0.39 is 0 Å². The molecule has 2 fully saturated rings. The van der Waals surface area contributed by atoms with Crippen LogP contribution in [0, 0.1) is 5.92 Å². The normalized spacial score (nSPS) is 27.6. The van der Waals surface area contributed by atoms with E-state index >= 15 is 0 Å². The van der Waals surface area contributed by atoms with Gasteiger partial charge in [-0.25, -0.2) is 0 Å². The highest BCUT2D eigenvalue weighted by molar-refractivity contribution is 5.76. The molecule has 1 N–H and O–H groups in total. The van der Waals surface area contributed by atoms with Crippen molar-refractivity contribution in [2.75, 3.05) is 26.8 Å². The number of likely N-dealkylation sites (tertiary alicyclic amines) is 1. The third-order valence-electron chi connectivity index (χ3n) is 4.55. The number of rotatable bonds is 5. The topological polar surface area (TPSA) is 50.8 Å². The Hall–Kier alpha value is -1.59. The zero-order valence-corrected chi connectivity index (χ0v) is 13.2. The number of benzene rings is 1. The minimum atomic E-state index is -0.134. The van der Waals surface area contributed by atoms with E-state index in [2.05, 4.69) is 22.3 Å². The van der Waals surface area contributed by atoms with Gasteiger partial charge in [-0.3, -0.25) is 9.69 Å². The van der Waals surface area contributed by atoms with Crippen molar-refractivity contribution in [3.63, 3.8) is 0 Å². The van der Waals surface area contributed by atoms with Gasteiger partial charge in [0.2, 0.25) is 0 Å². The van der Waals surface area contributed by atoms with Crippen LogP contribution in [0.4, 0.5) is 0 Å². The maximum absolute atomic E-state index is 12.0. The summed E-state index contributed by atoms with van der Waals surface area (Å²) in [6.07, 6.45) is 1.07. The fraction of sp³-hybridized carbons (Fsp3) is 0.588. The van der Waals surface area contributed by atoms with Gasteiger partial charge in [0.05, 0.1) is 13.7 Å². The van der Waals surface area contributed by atoms with Gasteiger partial charge < -0.3 is 14.8 Å². The number of nitrogens with one attached hydrogen (secondary N) is 1. The Morgan fingerprint density at radius 2 is 2.09 bits per heavy atom. The maximum atomic E-state index is 12.0. The standard InChI is InChI=1S/C17H24N2O3/c1-3-22-17(20)16-13-8-14(18-16)11-19(10-13)9-12-4-6-15(21-2)7-5-12/h4-7,13-14,16,18H,3,8-11H2,1-2H3/t13-,14-,16+/m1/s1. The molecule has 2 aliphatic heterocycles. The van der Waals surface area contributed by atoms with Crippen LogP contribution < -0.4 is 10.1 Å². The van der Waals surface area contributed by atoms with E-state index in [4.69, 9.17) is 9.47 Å². The third kappa shape index (κ3) is 3.25. The van der Waals surface area contributed by atoms with Crippen molar-refractivity contribution < 1.29 is 14.3 Å². The Labute approximate surface area is 131 Å². The molecule has 3 rings (SSSR count). The molecule has 2 saturated heterocycles. The maximum Gasteiger partial charge on any atom is 0.323 e. The van der Waals surface area contributed by atoms with Crippen molar-refractivity contribution in [1.82, 2.24) is 10.2 Å². The van der Waals surface area contributed by atoms with Crippen molar-refractivity contribution in [1.29, 1.82) is 0 Å². The van der Waals surface area contributed by atoms with Crippen LogP contribution in [-0.4, -0.2) is 49.8 Å². The van der Waals surface area contributed by atoms with E-state index in [-0.39, 0.29) is 12.0 Å². The number of methoxy groups -OCH3 is 1. The Kier molecular flexibility index (Phi) is 4.64. The molecule has 0 aromatic heterocycles. The molecule has 3 atom stereocenters. The van der Waals surface area contributed by atoms with Gasteiger partial charge in [0.15, 0.2) is 0 Å². The van der Waals surface area contributed by atoms with Crippen LogP contribution >= 0.6 is 0 Å². The highest BCUT2D eigenvalue weighted by atomic mass is 16.5. The summed E-state index contributed by atoms with van der Waals surface area (Å²) in [7, 11) is 1.68. The van der Waals surface area contributed by atoms with Gasteiger partial charge >= 0.3 is 5.97 Å². The van der Waals surface area contributed by atoms with E-state index in [9.17, 15) is 4.79 Å². The first-order valence-corrected chi connectivity index (χ1v) is 7.97. The molecule has 0 spiro atoms. The Morgan fingerprint density at radius 1 is 1.32 bits per heavy atom. The lowest BCUT2D eigenvalue weighted by Crippen LogP contribution is -2.40. The first-order valence-electron chi connectivity index (χ1n) is 7.97. The minimum Gasteiger partial charge on any atom is -0.497 e. The lowest BCUT2D eigenvalue weighted by Gasteiger charge is -2.31. The number of carbonyl (C=O) groups is 1. The molecule has 5 heteroatoms. The first-order chi connectivity index (χ1) is 10.7. The zero-order chi connectivity index (χ0) is 15.5. The fourth-order valence-electron chi connectivity index (χ4n) is 3.60. The lowest BCUT2D eigenvalue weighted by molar-refractivity contribution is -0.146. The molecular weight excluding hydrogens is 280 g/mol. The van der Waals surface area contributed by atoms with E-state index in [1.165, 1.54) is 5.56 Å². The molecule has 0 saturated carbocycles. The summed E-state index contributed by atoms with van der Waals surface area (Å²) in [5.74, 6) is 1.14. The fourth-order valence-corrected chi connectivity index (χ4v) is 3.60. The smallest absolute Gasteiger partial charge is 0.323 e. The Balaban J connectivity index is 1.60. The van der Waals surface area contributed by atoms with E-state index in [0.717, 1.165) is 31.8 Å². The molecule has 1 aromatic carbocycles. The minimum absolute atomic E-state index is 0.0960. The zero-order valence-electron chi connectivity index (χ0n) is 13.2. The van der Waals surface area contributed by atoms with E-state index in [0.29, 0.717) is 18.6 Å². The molecule has 22 heavy (non-hydrogen) atoms. The van der Waals surface area contributed by atoms with Crippen molar-refractivity contribution in [2.45, 2.75) is 32.0 Å². The Morgan fingerprint density at radius 3 is 2.77 bits per heavy atom. The highest BCUT2D eigenvalue weighted by Gasteiger charge is 2.43. The highest BCUT2D eigenvalue weighted by Crippen LogP contribution is 2.29. The summed E-state index contributed by atoms with van der Waals surface area (Å²) in [5, 5.41) is 3.44. The monoisotopic (exact) mass is 304 g/mol. The SMILES string of the molecule is CCOC(=O)[C@H]1N[C@@H]2C[C@@H]1CN(Cc1ccc(OC)cc1)C2. The van der Waals surface area contributed by atoms with Gasteiger partial charge in [-0.2, -0.15) is 0 Å². The number of nitrogens with zero attached hydrogens (tertiary/aromatic N) is 1. The molecule has 0 aliphatic carbocycles. The van der Waals surface area contributed by atoms with Crippen molar-refractivity contribution in [3.8, 4) is 5.75 Å². The number of carbonyl (C=O) groups excluding carboxylic acids is 1. The number of fused-ring (bicyclic) bond motifs is 2. The van der Waals surface area contributed by atoms with Gasteiger partial charge in [-0.05, 0) is 37.0 Å². The average Bonchev–Trinajstić information content (AvgIpc) is 2.83. The number of ether oxygens (including phenoxy) is 2. The predicted octanol–water partition coefficient (Wildman–Crippen LogP) is 1.42. The van der Waals surface area contributed by atoms with Gasteiger partial charge in [-0.1, -0.05) is 12.1 Å². The predicted molar refractivity (Wildman–Crippen MR) is 83.7 cm³/mol. The molecule has 1 aromatic rings. The van der Waals surface area contributed by atoms with Crippen LogP contribution in [0.3, 0.4) is 0 Å². The molecule has 120 valence electrons. The summed E-state index contributed by atoms with van der Waals surface area (Å²) in [6, 6.07) is 8.45. The summed E-state index contributed by atoms with van der Waals surface area (Å²) in [5.41, 5.74) is 1.27. The Bertz CT molecular complexity index is 517. The van der Waals surface area contributed by atoms with Crippen LogP contribution in [-0.2, 0) is 16.1 Å². The van der Waals surface area contributed by atoms with Crippen molar-refractivity contribution in [3.05, 3.63) is 29.8 Å². The van der Waals surface area contributed by atoms with Crippen LogP contribution in [0.15, 0.2) is 24.3 Å². The second-order valence-corrected chi connectivity index (χ2v) is 6.13. The molecule has 2 heterocycles. The van der Waals surface area contributed by atoms with Crippen LogP contribution in [0.5, 0.6) is 5.75 Å². The quantitative estimate of drug-likeness (QED) is 0.834.